The highest BCUT2D eigenvalue weighted by Gasteiger charge is 2.15. The largest absolute Gasteiger partial charge is 0.424 e. The smallest absolute Gasteiger partial charge is 0.328 e. The minimum atomic E-state index is -0.462. The molecule has 0 spiro atoms. The van der Waals surface area contributed by atoms with E-state index in [2.05, 4.69) is 33.7 Å². The number of rotatable bonds is 14. The number of nitro groups is 1. The number of benzene rings is 1. The number of anilines is 1. The summed E-state index contributed by atoms with van der Waals surface area (Å²) in [5.74, 6) is 0.895. The van der Waals surface area contributed by atoms with Crippen LogP contribution >= 0.6 is 11.6 Å². The molecule has 2 rings (SSSR count). The molecule has 0 aliphatic carbocycles. The van der Waals surface area contributed by atoms with Gasteiger partial charge >= 0.3 is 6.01 Å². The molecule has 2 aromatic rings. The van der Waals surface area contributed by atoms with Gasteiger partial charge in [0.2, 0.25) is 11.2 Å². The van der Waals surface area contributed by atoms with Gasteiger partial charge in [-0.05, 0) is 36.6 Å². The molecule has 0 N–H and O–H groups in total. The van der Waals surface area contributed by atoms with Gasteiger partial charge in [-0.25, -0.2) is 0 Å². The van der Waals surface area contributed by atoms with Crippen LogP contribution in [0.3, 0.4) is 0 Å². The van der Waals surface area contributed by atoms with E-state index in [1.165, 1.54) is 49.9 Å². The van der Waals surface area contributed by atoms with E-state index in [0.717, 1.165) is 38.8 Å². The Bertz CT molecular complexity index is 777. The van der Waals surface area contributed by atoms with Gasteiger partial charge in [0, 0.05) is 25.2 Å². The van der Waals surface area contributed by atoms with E-state index in [9.17, 15) is 10.1 Å². The van der Waals surface area contributed by atoms with Gasteiger partial charge in [0.1, 0.15) is 5.75 Å². The molecule has 30 heavy (non-hydrogen) atoms. The van der Waals surface area contributed by atoms with Crippen LogP contribution in [0, 0.1) is 10.1 Å². The molecule has 0 aliphatic rings. The monoisotopic (exact) mass is 435 g/mol. The number of halogens is 1. The fraction of sp³-hybridized carbons (Fsp3) is 0.571. The van der Waals surface area contributed by atoms with Crippen molar-refractivity contribution in [2.45, 2.75) is 65.2 Å². The van der Waals surface area contributed by atoms with Gasteiger partial charge in [0.25, 0.3) is 5.69 Å². The van der Waals surface area contributed by atoms with E-state index >= 15 is 0 Å². The molecule has 0 atom stereocenters. The normalized spacial score (nSPS) is 10.8. The van der Waals surface area contributed by atoms with Crippen LogP contribution in [-0.4, -0.2) is 33.0 Å². The molecule has 0 bridgehead atoms. The lowest BCUT2D eigenvalue weighted by molar-refractivity contribution is -0.384. The van der Waals surface area contributed by atoms with Crippen molar-refractivity contribution in [3.05, 3.63) is 39.7 Å². The second-order valence-electron chi connectivity index (χ2n) is 7.15. The summed E-state index contributed by atoms with van der Waals surface area (Å²) in [4.78, 5) is 25.3. The molecule has 0 radical (unpaired) electrons. The molecule has 0 saturated carbocycles. The summed E-state index contributed by atoms with van der Waals surface area (Å²) in [5.41, 5.74) is -0.0120. The predicted molar refractivity (Wildman–Crippen MR) is 119 cm³/mol. The van der Waals surface area contributed by atoms with Gasteiger partial charge in [0.15, 0.2) is 0 Å². The molecule has 0 amide bonds. The zero-order chi connectivity index (χ0) is 21.8. The first kappa shape index (κ1) is 23.8. The van der Waals surface area contributed by atoms with Crippen LogP contribution < -0.4 is 9.64 Å². The average molecular weight is 436 g/mol. The number of non-ortho nitro benzene ring substituents is 1. The Hall–Kier alpha value is -2.48. The highest BCUT2D eigenvalue weighted by atomic mass is 35.5. The van der Waals surface area contributed by atoms with Crippen molar-refractivity contribution in [2.24, 2.45) is 0 Å². The van der Waals surface area contributed by atoms with E-state index < -0.39 is 4.92 Å². The fourth-order valence-electron chi connectivity index (χ4n) is 3.02. The number of unbranched alkanes of at least 4 members (excludes halogenated alkanes) is 6. The molecule has 0 saturated heterocycles. The van der Waals surface area contributed by atoms with Crippen LogP contribution in [-0.2, 0) is 0 Å². The molecular weight excluding hydrogens is 406 g/mol. The summed E-state index contributed by atoms with van der Waals surface area (Å²) in [6.45, 7) is 6.08. The van der Waals surface area contributed by atoms with Crippen LogP contribution in [0.2, 0.25) is 5.28 Å². The van der Waals surface area contributed by atoms with E-state index in [4.69, 9.17) is 16.3 Å². The Morgan fingerprint density at radius 2 is 1.53 bits per heavy atom. The second kappa shape index (κ2) is 13.0. The Labute approximate surface area is 182 Å². The topological polar surface area (TPSA) is 94.3 Å². The van der Waals surface area contributed by atoms with Crippen molar-refractivity contribution < 1.29 is 9.66 Å². The molecule has 1 aromatic carbocycles. The van der Waals surface area contributed by atoms with Crippen molar-refractivity contribution in [3.8, 4) is 11.8 Å². The molecule has 0 aliphatic heterocycles. The minimum absolute atomic E-state index is 0.0120. The zero-order valence-corrected chi connectivity index (χ0v) is 18.5. The van der Waals surface area contributed by atoms with Crippen LogP contribution in [0.25, 0.3) is 0 Å². The highest BCUT2D eigenvalue weighted by Crippen LogP contribution is 2.24. The van der Waals surface area contributed by atoms with Crippen LogP contribution in [0.1, 0.15) is 65.2 Å². The summed E-state index contributed by atoms with van der Waals surface area (Å²) in [6, 6.07) is 5.82. The number of aromatic nitrogens is 3. The Balaban J connectivity index is 2.12. The molecule has 9 heteroatoms. The molecule has 0 fully saturated rings. The van der Waals surface area contributed by atoms with Gasteiger partial charge in [-0.2, -0.15) is 15.0 Å². The number of nitro benzene ring substituents is 1. The fourth-order valence-corrected chi connectivity index (χ4v) is 3.17. The number of hydrogen-bond donors (Lipinski definition) is 0. The maximum atomic E-state index is 10.8. The molecule has 1 aromatic heterocycles. The first-order chi connectivity index (χ1) is 14.5. The third kappa shape index (κ3) is 8.10. The summed E-state index contributed by atoms with van der Waals surface area (Å²) in [6.07, 6.45) is 9.21. The molecular formula is C21H30ClN5O3. The first-order valence-corrected chi connectivity index (χ1v) is 11.0. The zero-order valence-electron chi connectivity index (χ0n) is 17.7. The van der Waals surface area contributed by atoms with Crippen LogP contribution in [0.15, 0.2) is 24.3 Å². The summed E-state index contributed by atoms with van der Waals surface area (Å²) < 4.78 is 5.67. The maximum absolute atomic E-state index is 10.8. The lowest BCUT2D eigenvalue weighted by atomic mass is 10.2. The molecule has 164 valence electrons. The van der Waals surface area contributed by atoms with Crippen molar-refractivity contribution in [1.82, 2.24) is 15.0 Å². The third-order valence-corrected chi connectivity index (χ3v) is 4.85. The SMILES string of the molecule is CCCCCCN(CCCCCC)c1nc(Cl)nc(Oc2ccc([N+](=O)[O-])cc2)n1. The van der Waals surface area contributed by atoms with Crippen LogP contribution in [0.4, 0.5) is 11.6 Å². The number of hydrogen-bond acceptors (Lipinski definition) is 7. The standard InChI is InChI=1S/C21H30ClN5O3/c1-3-5-7-9-15-26(16-10-8-6-4-2)20-23-19(22)24-21(25-20)30-18-13-11-17(12-14-18)27(28)29/h11-14H,3-10,15-16H2,1-2H3. The van der Waals surface area contributed by atoms with Crippen LogP contribution in [0.5, 0.6) is 11.8 Å². The Morgan fingerprint density at radius 3 is 2.07 bits per heavy atom. The number of nitrogens with zero attached hydrogens (tertiary/aromatic N) is 5. The Morgan fingerprint density at radius 1 is 0.933 bits per heavy atom. The summed E-state index contributed by atoms with van der Waals surface area (Å²) in [7, 11) is 0. The van der Waals surface area contributed by atoms with Crippen molar-refractivity contribution in [1.29, 1.82) is 0 Å². The van der Waals surface area contributed by atoms with Gasteiger partial charge in [-0.15, -0.1) is 0 Å². The minimum Gasteiger partial charge on any atom is -0.424 e. The highest BCUT2D eigenvalue weighted by molar-refractivity contribution is 6.28. The summed E-state index contributed by atoms with van der Waals surface area (Å²) in [5, 5.41) is 10.9. The van der Waals surface area contributed by atoms with Crippen molar-refractivity contribution in [2.75, 3.05) is 18.0 Å². The summed E-state index contributed by atoms with van der Waals surface area (Å²) >= 11 is 6.14. The number of ether oxygens (including phenoxy) is 1. The van der Waals surface area contributed by atoms with Gasteiger partial charge in [-0.1, -0.05) is 52.4 Å². The molecule has 0 unspecified atom stereocenters. The predicted octanol–water partition coefficient (Wildman–Crippen LogP) is 6.19. The second-order valence-corrected chi connectivity index (χ2v) is 7.49. The first-order valence-electron chi connectivity index (χ1n) is 10.6. The van der Waals surface area contributed by atoms with E-state index in [0.29, 0.717) is 11.7 Å². The third-order valence-electron chi connectivity index (χ3n) is 4.68. The van der Waals surface area contributed by atoms with E-state index in [1.807, 2.05) is 0 Å². The maximum Gasteiger partial charge on any atom is 0.328 e. The van der Waals surface area contributed by atoms with Gasteiger partial charge in [-0.3, -0.25) is 10.1 Å². The lowest BCUT2D eigenvalue weighted by Crippen LogP contribution is -2.28. The molecule has 1 heterocycles. The lowest BCUT2D eigenvalue weighted by Gasteiger charge is -2.23. The average Bonchev–Trinajstić information content (AvgIpc) is 2.72. The molecule has 8 nitrogen and oxygen atoms in total. The van der Waals surface area contributed by atoms with Crippen molar-refractivity contribution in [3.63, 3.8) is 0 Å². The Kier molecular flexibility index (Phi) is 10.3. The van der Waals surface area contributed by atoms with Gasteiger partial charge < -0.3 is 9.64 Å². The van der Waals surface area contributed by atoms with Gasteiger partial charge in [0.05, 0.1) is 4.92 Å². The quantitative estimate of drug-likeness (QED) is 0.198. The van der Waals surface area contributed by atoms with E-state index in [-0.39, 0.29) is 17.0 Å². The van der Waals surface area contributed by atoms with E-state index in [1.54, 1.807) is 0 Å². The van der Waals surface area contributed by atoms with Crippen molar-refractivity contribution >= 4 is 23.2 Å².